The minimum atomic E-state index is 0.106. The molecular formula is C7H13NO. The first-order chi connectivity index (χ1) is 4.22. The molecule has 0 saturated carbocycles. The van der Waals surface area contributed by atoms with Gasteiger partial charge in [-0.05, 0) is 5.92 Å². The number of hydrogen-bond donors (Lipinski definition) is 0. The Morgan fingerprint density at radius 3 is 2.22 bits per heavy atom. The van der Waals surface area contributed by atoms with E-state index in [-0.39, 0.29) is 6.10 Å². The molecular weight excluding hydrogens is 114 g/mol. The van der Waals surface area contributed by atoms with E-state index in [1.807, 2.05) is 13.8 Å². The van der Waals surface area contributed by atoms with Gasteiger partial charge in [-0.2, -0.15) is 5.26 Å². The van der Waals surface area contributed by atoms with Crippen molar-refractivity contribution in [2.75, 3.05) is 7.11 Å². The van der Waals surface area contributed by atoms with Gasteiger partial charge in [-0.15, -0.1) is 0 Å². The highest BCUT2D eigenvalue weighted by Gasteiger charge is 2.09. The third kappa shape index (κ3) is 3.10. The molecule has 0 aromatic carbocycles. The van der Waals surface area contributed by atoms with E-state index in [9.17, 15) is 0 Å². The number of ether oxygens (including phenoxy) is 1. The molecule has 0 heterocycles. The Kier molecular flexibility index (Phi) is 4.08. The average molecular weight is 127 g/mol. The van der Waals surface area contributed by atoms with E-state index in [1.54, 1.807) is 7.11 Å². The second-order valence-electron chi connectivity index (χ2n) is 2.38. The lowest BCUT2D eigenvalue weighted by Gasteiger charge is -2.14. The molecule has 1 atom stereocenters. The first kappa shape index (κ1) is 8.45. The average Bonchev–Trinajstić information content (AvgIpc) is 1.82. The van der Waals surface area contributed by atoms with Crippen LogP contribution in [0.15, 0.2) is 0 Å². The zero-order valence-corrected chi connectivity index (χ0v) is 6.22. The van der Waals surface area contributed by atoms with Gasteiger partial charge in [-0.25, -0.2) is 0 Å². The normalized spacial score (nSPS) is 13.2. The standard InChI is InChI=1S/C7H13NO/c1-6(2)7(9-3)4-5-8/h6-7H,4H2,1-3H3. The van der Waals surface area contributed by atoms with Crippen molar-refractivity contribution in [3.8, 4) is 6.07 Å². The van der Waals surface area contributed by atoms with Gasteiger partial charge >= 0.3 is 0 Å². The van der Waals surface area contributed by atoms with Crippen molar-refractivity contribution in [3.63, 3.8) is 0 Å². The fourth-order valence-corrected chi connectivity index (χ4v) is 0.681. The van der Waals surface area contributed by atoms with Crippen molar-refractivity contribution in [2.45, 2.75) is 26.4 Å². The topological polar surface area (TPSA) is 33.0 Å². The molecule has 0 N–H and O–H groups in total. The summed E-state index contributed by atoms with van der Waals surface area (Å²) in [5.74, 6) is 0.439. The summed E-state index contributed by atoms with van der Waals surface area (Å²) in [6.45, 7) is 4.09. The molecule has 0 radical (unpaired) electrons. The number of rotatable bonds is 3. The summed E-state index contributed by atoms with van der Waals surface area (Å²) in [4.78, 5) is 0. The van der Waals surface area contributed by atoms with Gasteiger partial charge in [-0.1, -0.05) is 13.8 Å². The van der Waals surface area contributed by atoms with E-state index in [2.05, 4.69) is 6.07 Å². The molecule has 2 heteroatoms. The molecule has 0 aromatic rings. The number of hydrogen-bond acceptors (Lipinski definition) is 2. The molecule has 9 heavy (non-hydrogen) atoms. The van der Waals surface area contributed by atoms with E-state index in [0.717, 1.165) is 0 Å². The van der Waals surface area contributed by atoms with Gasteiger partial charge in [0.1, 0.15) is 0 Å². The second-order valence-corrected chi connectivity index (χ2v) is 2.38. The molecule has 0 aliphatic heterocycles. The highest BCUT2D eigenvalue weighted by Crippen LogP contribution is 2.07. The lowest BCUT2D eigenvalue weighted by molar-refractivity contribution is 0.0689. The highest BCUT2D eigenvalue weighted by molar-refractivity contribution is 4.77. The molecule has 0 rings (SSSR count). The Morgan fingerprint density at radius 1 is 1.56 bits per heavy atom. The Hall–Kier alpha value is -0.550. The maximum absolute atomic E-state index is 8.29. The van der Waals surface area contributed by atoms with Crippen LogP contribution in [0.5, 0.6) is 0 Å². The van der Waals surface area contributed by atoms with Crippen LogP contribution < -0.4 is 0 Å². The van der Waals surface area contributed by atoms with E-state index >= 15 is 0 Å². The monoisotopic (exact) mass is 127 g/mol. The highest BCUT2D eigenvalue weighted by atomic mass is 16.5. The molecule has 0 fully saturated rings. The van der Waals surface area contributed by atoms with Crippen LogP contribution in [0.1, 0.15) is 20.3 Å². The predicted molar refractivity (Wildman–Crippen MR) is 35.9 cm³/mol. The SMILES string of the molecule is COC(CC#N)C(C)C. The number of methoxy groups -OCH3 is 1. The third-order valence-electron chi connectivity index (χ3n) is 1.34. The Labute approximate surface area is 56.4 Å². The van der Waals surface area contributed by atoms with Gasteiger partial charge in [0, 0.05) is 7.11 Å². The Balaban J connectivity index is 3.57. The van der Waals surface area contributed by atoms with Crippen LogP contribution in [0, 0.1) is 17.2 Å². The molecule has 0 aliphatic rings. The van der Waals surface area contributed by atoms with Crippen LogP contribution in [-0.2, 0) is 4.74 Å². The van der Waals surface area contributed by atoms with Gasteiger partial charge in [-0.3, -0.25) is 0 Å². The quantitative estimate of drug-likeness (QED) is 0.576. The van der Waals surface area contributed by atoms with Crippen molar-refractivity contribution < 1.29 is 4.74 Å². The van der Waals surface area contributed by atoms with Crippen molar-refractivity contribution in [2.24, 2.45) is 5.92 Å². The minimum Gasteiger partial charge on any atom is -0.380 e. The zero-order chi connectivity index (χ0) is 7.28. The fraction of sp³-hybridized carbons (Fsp3) is 0.857. The van der Waals surface area contributed by atoms with Crippen molar-refractivity contribution in [1.82, 2.24) is 0 Å². The van der Waals surface area contributed by atoms with Crippen molar-refractivity contribution in [1.29, 1.82) is 5.26 Å². The van der Waals surface area contributed by atoms with Gasteiger partial charge in [0.15, 0.2) is 0 Å². The minimum absolute atomic E-state index is 0.106. The molecule has 2 nitrogen and oxygen atoms in total. The maximum Gasteiger partial charge on any atom is 0.0724 e. The molecule has 0 amide bonds. The summed E-state index contributed by atoms with van der Waals surface area (Å²) in [5.41, 5.74) is 0. The predicted octanol–water partition coefficient (Wildman–Crippen LogP) is 1.57. The van der Waals surface area contributed by atoms with E-state index in [0.29, 0.717) is 12.3 Å². The third-order valence-corrected chi connectivity index (χ3v) is 1.34. The summed E-state index contributed by atoms with van der Waals surface area (Å²) < 4.78 is 5.03. The number of nitriles is 1. The molecule has 0 bridgehead atoms. The van der Waals surface area contributed by atoms with Crippen molar-refractivity contribution >= 4 is 0 Å². The largest absolute Gasteiger partial charge is 0.380 e. The van der Waals surface area contributed by atoms with E-state index in [4.69, 9.17) is 10.00 Å². The van der Waals surface area contributed by atoms with Crippen LogP contribution in [0.2, 0.25) is 0 Å². The van der Waals surface area contributed by atoms with E-state index in [1.165, 1.54) is 0 Å². The van der Waals surface area contributed by atoms with Crippen LogP contribution in [-0.4, -0.2) is 13.2 Å². The summed E-state index contributed by atoms with van der Waals surface area (Å²) in [6, 6.07) is 2.08. The fourth-order valence-electron chi connectivity index (χ4n) is 0.681. The van der Waals surface area contributed by atoms with Crippen LogP contribution >= 0.6 is 0 Å². The summed E-state index contributed by atoms with van der Waals surface area (Å²) in [7, 11) is 1.64. The van der Waals surface area contributed by atoms with Gasteiger partial charge in [0.05, 0.1) is 18.6 Å². The first-order valence-electron chi connectivity index (χ1n) is 3.12. The Bertz CT molecular complexity index is 104. The second kappa shape index (κ2) is 4.34. The molecule has 0 aliphatic carbocycles. The van der Waals surface area contributed by atoms with Gasteiger partial charge < -0.3 is 4.74 Å². The summed E-state index contributed by atoms with van der Waals surface area (Å²) in [5, 5.41) is 8.29. The summed E-state index contributed by atoms with van der Waals surface area (Å²) >= 11 is 0. The molecule has 52 valence electrons. The maximum atomic E-state index is 8.29. The lowest BCUT2D eigenvalue weighted by Crippen LogP contribution is -2.16. The lowest BCUT2D eigenvalue weighted by atomic mass is 10.1. The Morgan fingerprint density at radius 2 is 2.11 bits per heavy atom. The van der Waals surface area contributed by atoms with Crippen LogP contribution in [0.3, 0.4) is 0 Å². The van der Waals surface area contributed by atoms with Gasteiger partial charge in [0.25, 0.3) is 0 Å². The smallest absolute Gasteiger partial charge is 0.0724 e. The van der Waals surface area contributed by atoms with E-state index < -0.39 is 0 Å². The summed E-state index contributed by atoms with van der Waals surface area (Å²) in [6.07, 6.45) is 0.601. The van der Waals surface area contributed by atoms with Crippen LogP contribution in [0.4, 0.5) is 0 Å². The molecule has 0 aromatic heterocycles. The molecule has 1 unspecified atom stereocenters. The number of nitrogens with zero attached hydrogens (tertiary/aromatic N) is 1. The van der Waals surface area contributed by atoms with Crippen LogP contribution in [0.25, 0.3) is 0 Å². The first-order valence-corrected chi connectivity index (χ1v) is 3.12. The van der Waals surface area contributed by atoms with Crippen molar-refractivity contribution in [3.05, 3.63) is 0 Å². The van der Waals surface area contributed by atoms with Gasteiger partial charge in [0.2, 0.25) is 0 Å². The molecule has 0 saturated heterocycles. The molecule has 0 spiro atoms. The zero-order valence-electron chi connectivity index (χ0n) is 6.22.